The van der Waals surface area contributed by atoms with Gasteiger partial charge in [-0.1, -0.05) is 29.8 Å². The van der Waals surface area contributed by atoms with Crippen molar-refractivity contribution in [1.82, 2.24) is 0 Å². The van der Waals surface area contributed by atoms with Crippen molar-refractivity contribution in [2.45, 2.75) is 50.5 Å². The predicted molar refractivity (Wildman–Crippen MR) is 135 cm³/mol. The summed E-state index contributed by atoms with van der Waals surface area (Å²) in [6, 6.07) is 20.9. The molecule has 0 aliphatic heterocycles. The van der Waals surface area contributed by atoms with Crippen molar-refractivity contribution in [3.05, 3.63) is 83.9 Å². The molecule has 0 radical (unpaired) electrons. The Bertz CT molecular complexity index is 1230. The lowest BCUT2D eigenvalue weighted by atomic mass is 10.2. The van der Waals surface area contributed by atoms with Gasteiger partial charge in [0.25, 0.3) is 10.0 Å². The average Bonchev–Trinajstić information content (AvgIpc) is 3.32. The Labute approximate surface area is 201 Å². The number of ether oxygens (including phenoxy) is 1. The quantitative estimate of drug-likeness (QED) is 0.467. The van der Waals surface area contributed by atoms with Gasteiger partial charge in [0.2, 0.25) is 5.91 Å². The van der Waals surface area contributed by atoms with Crippen molar-refractivity contribution in [3.8, 4) is 5.75 Å². The Morgan fingerprint density at radius 2 is 1.62 bits per heavy atom. The minimum Gasteiger partial charge on any atom is -0.490 e. The van der Waals surface area contributed by atoms with Gasteiger partial charge in [-0.15, -0.1) is 0 Å². The van der Waals surface area contributed by atoms with E-state index in [1.54, 1.807) is 54.6 Å². The second-order valence-corrected chi connectivity index (χ2v) is 10.6. The van der Waals surface area contributed by atoms with Gasteiger partial charge in [-0.2, -0.15) is 0 Å². The topological polar surface area (TPSA) is 75.7 Å². The first kappa shape index (κ1) is 23.8. The van der Waals surface area contributed by atoms with E-state index < -0.39 is 15.9 Å². The van der Waals surface area contributed by atoms with Gasteiger partial charge in [0.1, 0.15) is 12.3 Å². The van der Waals surface area contributed by atoms with Crippen LogP contribution in [0.4, 0.5) is 11.4 Å². The highest BCUT2D eigenvalue weighted by molar-refractivity contribution is 7.92. The van der Waals surface area contributed by atoms with Crippen LogP contribution in [-0.2, 0) is 14.8 Å². The van der Waals surface area contributed by atoms with Crippen molar-refractivity contribution in [2.75, 3.05) is 16.2 Å². The minimum atomic E-state index is -3.94. The van der Waals surface area contributed by atoms with Crippen LogP contribution in [0.1, 0.15) is 36.8 Å². The Morgan fingerprint density at radius 3 is 2.26 bits per heavy atom. The number of hydrogen-bond donors (Lipinski definition) is 1. The van der Waals surface area contributed by atoms with E-state index in [2.05, 4.69) is 5.32 Å². The van der Waals surface area contributed by atoms with Gasteiger partial charge in [0.05, 0.1) is 16.7 Å². The van der Waals surface area contributed by atoms with E-state index in [0.29, 0.717) is 11.4 Å². The molecule has 3 aromatic rings. The van der Waals surface area contributed by atoms with E-state index >= 15 is 0 Å². The van der Waals surface area contributed by atoms with Crippen molar-refractivity contribution in [2.24, 2.45) is 0 Å². The minimum absolute atomic E-state index is 0.140. The fraction of sp³-hybridized carbons (Fsp3) is 0.296. The van der Waals surface area contributed by atoms with E-state index in [1.165, 1.54) is 12.8 Å². The first-order chi connectivity index (χ1) is 16.3. The van der Waals surface area contributed by atoms with Gasteiger partial charge < -0.3 is 10.1 Å². The van der Waals surface area contributed by atoms with E-state index in [1.807, 2.05) is 32.0 Å². The number of rotatable bonds is 8. The Kier molecular flexibility index (Phi) is 7.22. The molecular formula is C27H30N2O4S. The SMILES string of the molecule is Cc1ccc(S(=O)(=O)N(CC(=O)Nc2ccc(OC3CCCC3)cc2)c2cccc(C)c2)cc1. The third-order valence-corrected chi connectivity index (χ3v) is 7.72. The maximum atomic E-state index is 13.5. The number of carbonyl (C=O) groups is 1. The third-order valence-electron chi connectivity index (χ3n) is 5.93. The summed E-state index contributed by atoms with van der Waals surface area (Å²) in [5, 5.41) is 2.81. The molecule has 1 saturated carbocycles. The first-order valence-electron chi connectivity index (χ1n) is 11.5. The number of carbonyl (C=O) groups excluding carboxylic acids is 1. The molecule has 0 heterocycles. The van der Waals surface area contributed by atoms with E-state index in [9.17, 15) is 13.2 Å². The van der Waals surface area contributed by atoms with Crippen LogP contribution in [0.15, 0.2) is 77.7 Å². The molecule has 6 nitrogen and oxygen atoms in total. The van der Waals surface area contributed by atoms with Crippen LogP contribution in [0.25, 0.3) is 0 Å². The molecule has 1 fully saturated rings. The molecule has 7 heteroatoms. The number of sulfonamides is 1. The van der Waals surface area contributed by atoms with Gasteiger partial charge in [-0.05, 0) is 93.6 Å². The highest BCUT2D eigenvalue weighted by Crippen LogP contribution is 2.26. The fourth-order valence-electron chi connectivity index (χ4n) is 4.08. The molecular weight excluding hydrogens is 448 g/mol. The second-order valence-electron chi connectivity index (χ2n) is 8.76. The average molecular weight is 479 g/mol. The lowest BCUT2D eigenvalue weighted by Crippen LogP contribution is -2.38. The number of aryl methyl sites for hydroxylation is 2. The maximum absolute atomic E-state index is 13.5. The van der Waals surface area contributed by atoms with Crippen LogP contribution < -0.4 is 14.4 Å². The Morgan fingerprint density at radius 1 is 0.941 bits per heavy atom. The first-order valence-corrected chi connectivity index (χ1v) is 13.0. The number of amides is 1. The zero-order valence-electron chi connectivity index (χ0n) is 19.5. The Balaban J connectivity index is 1.51. The summed E-state index contributed by atoms with van der Waals surface area (Å²) >= 11 is 0. The van der Waals surface area contributed by atoms with Gasteiger partial charge >= 0.3 is 0 Å². The summed E-state index contributed by atoms with van der Waals surface area (Å²) in [4.78, 5) is 13.1. The van der Waals surface area contributed by atoms with Gasteiger partial charge in [-0.25, -0.2) is 8.42 Å². The van der Waals surface area contributed by atoms with Crippen molar-refractivity contribution in [1.29, 1.82) is 0 Å². The second kappa shape index (κ2) is 10.3. The normalized spacial score (nSPS) is 14.1. The van der Waals surface area contributed by atoms with E-state index in [0.717, 1.165) is 34.0 Å². The third kappa shape index (κ3) is 5.78. The molecule has 0 aromatic heterocycles. The van der Waals surface area contributed by atoms with Crippen LogP contribution in [0.2, 0.25) is 0 Å². The summed E-state index contributed by atoms with van der Waals surface area (Å²) in [7, 11) is -3.94. The fourth-order valence-corrected chi connectivity index (χ4v) is 5.49. The zero-order valence-corrected chi connectivity index (χ0v) is 20.3. The molecule has 0 unspecified atom stereocenters. The van der Waals surface area contributed by atoms with E-state index in [-0.39, 0.29) is 17.5 Å². The van der Waals surface area contributed by atoms with E-state index in [4.69, 9.17) is 4.74 Å². The molecule has 1 aliphatic carbocycles. The van der Waals surface area contributed by atoms with Gasteiger partial charge in [-0.3, -0.25) is 9.10 Å². The van der Waals surface area contributed by atoms with Crippen molar-refractivity contribution in [3.63, 3.8) is 0 Å². The summed E-state index contributed by atoms with van der Waals surface area (Å²) in [5.74, 6) is 0.342. The largest absolute Gasteiger partial charge is 0.490 e. The van der Waals surface area contributed by atoms with Crippen LogP contribution in [0.3, 0.4) is 0 Å². The highest BCUT2D eigenvalue weighted by Gasteiger charge is 2.27. The molecule has 0 atom stereocenters. The number of nitrogens with one attached hydrogen (secondary N) is 1. The zero-order chi connectivity index (χ0) is 24.1. The lowest BCUT2D eigenvalue weighted by Gasteiger charge is -2.24. The maximum Gasteiger partial charge on any atom is 0.264 e. The smallest absolute Gasteiger partial charge is 0.264 e. The van der Waals surface area contributed by atoms with Crippen molar-refractivity contribution >= 4 is 27.3 Å². The van der Waals surface area contributed by atoms with Crippen molar-refractivity contribution < 1.29 is 17.9 Å². The molecule has 0 bridgehead atoms. The standard InChI is InChI=1S/C27H30N2O4S/c1-20-10-16-26(17-11-20)34(31,32)29(23-7-5-6-21(2)18-23)19-27(30)28-22-12-14-25(15-13-22)33-24-8-3-4-9-24/h5-7,10-18,24H,3-4,8-9,19H2,1-2H3,(H,28,30). The molecule has 1 amide bonds. The number of hydrogen-bond acceptors (Lipinski definition) is 4. The van der Waals surface area contributed by atoms with Crippen LogP contribution in [-0.4, -0.2) is 27.0 Å². The molecule has 0 saturated heterocycles. The van der Waals surface area contributed by atoms with Crippen LogP contribution >= 0.6 is 0 Å². The highest BCUT2D eigenvalue weighted by atomic mass is 32.2. The molecule has 1 N–H and O–H groups in total. The number of anilines is 2. The molecule has 0 spiro atoms. The summed E-state index contributed by atoms with van der Waals surface area (Å²) in [6.45, 7) is 3.43. The predicted octanol–water partition coefficient (Wildman–Crippen LogP) is 5.46. The number of benzene rings is 3. The summed E-state index contributed by atoms with van der Waals surface area (Å²) < 4.78 is 34.1. The molecule has 178 valence electrons. The van der Waals surface area contributed by atoms with Crippen LogP contribution in [0.5, 0.6) is 5.75 Å². The van der Waals surface area contributed by atoms with Crippen LogP contribution in [0, 0.1) is 13.8 Å². The summed E-state index contributed by atoms with van der Waals surface area (Å²) in [5.41, 5.74) is 2.88. The Hall–Kier alpha value is -3.32. The van der Waals surface area contributed by atoms with Gasteiger partial charge in [0.15, 0.2) is 0 Å². The number of nitrogens with zero attached hydrogens (tertiary/aromatic N) is 1. The molecule has 1 aliphatic rings. The summed E-state index contributed by atoms with van der Waals surface area (Å²) in [6.07, 6.45) is 4.80. The monoisotopic (exact) mass is 478 g/mol. The molecule has 3 aromatic carbocycles. The van der Waals surface area contributed by atoms with Gasteiger partial charge in [0, 0.05) is 5.69 Å². The lowest BCUT2D eigenvalue weighted by molar-refractivity contribution is -0.114. The molecule has 4 rings (SSSR count). The molecule has 34 heavy (non-hydrogen) atoms.